The van der Waals surface area contributed by atoms with Crippen LogP contribution in [0.4, 0.5) is 5.69 Å². The molecule has 0 aliphatic heterocycles. The summed E-state index contributed by atoms with van der Waals surface area (Å²) in [6.07, 6.45) is 4.76. The molecule has 3 heteroatoms. The molecule has 0 aromatic heterocycles. The second-order valence-corrected chi connectivity index (χ2v) is 5.35. The molecule has 1 aromatic carbocycles. The number of hydrogen-bond acceptors (Lipinski definition) is 2. The molecule has 0 saturated heterocycles. The number of benzene rings is 1. The summed E-state index contributed by atoms with van der Waals surface area (Å²) in [5.41, 5.74) is 2.81. The quantitative estimate of drug-likeness (QED) is 0.827. The first-order valence-electron chi connectivity index (χ1n) is 7.19. The van der Waals surface area contributed by atoms with Gasteiger partial charge in [0.2, 0.25) is 5.91 Å². The predicted octanol–water partition coefficient (Wildman–Crippen LogP) is 2.86. The van der Waals surface area contributed by atoms with Crippen molar-refractivity contribution in [2.75, 3.05) is 11.9 Å². The average molecular weight is 271 g/mol. The Bertz CT molecular complexity index is 536. The summed E-state index contributed by atoms with van der Waals surface area (Å²) in [4.78, 5) is 11.9. The van der Waals surface area contributed by atoms with Crippen LogP contribution < -0.4 is 5.32 Å². The van der Waals surface area contributed by atoms with E-state index in [1.165, 1.54) is 19.3 Å². The first-order chi connectivity index (χ1) is 9.69. The third kappa shape index (κ3) is 4.11. The number of aryl methyl sites for hydroxylation is 1. The molecule has 106 valence electrons. The number of aliphatic hydroxyl groups excluding tert-OH is 1. The van der Waals surface area contributed by atoms with Gasteiger partial charge in [-0.3, -0.25) is 4.79 Å². The summed E-state index contributed by atoms with van der Waals surface area (Å²) in [5.74, 6) is 6.62. The van der Waals surface area contributed by atoms with Gasteiger partial charge < -0.3 is 10.4 Å². The van der Waals surface area contributed by atoms with E-state index in [1.807, 2.05) is 25.1 Å². The summed E-state index contributed by atoms with van der Waals surface area (Å²) in [6.45, 7) is 2.06. The summed E-state index contributed by atoms with van der Waals surface area (Å²) >= 11 is 0. The molecular formula is C17H21NO2. The molecule has 1 fully saturated rings. The lowest BCUT2D eigenvalue weighted by atomic mass is 9.83. The van der Waals surface area contributed by atoms with E-state index in [2.05, 4.69) is 17.2 Å². The molecule has 0 bridgehead atoms. The molecule has 1 aliphatic carbocycles. The Hall–Kier alpha value is -1.79. The number of rotatable bonds is 4. The van der Waals surface area contributed by atoms with Crippen LogP contribution in [0, 0.1) is 24.7 Å². The third-order valence-electron chi connectivity index (χ3n) is 3.67. The van der Waals surface area contributed by atoms with Crippen LogP contribution in [0.5, 0.6) is 0 Å². The minimum atomic E-state index is 0.0847. The van der Waals surface area contributed by atoms with E-state index in [1.54, 1.807) is 0 Å². The molecule has 0 unspecified atom stereocenters. The van der Waals surface area contributed by atoms with Crippen molar-refractivity contribution in [1.29, 1.82) is 0 Å². The second-order valence-electron chi connectivity index (χ2n) is 5.35. The third-order valence-corrected chi connectivity index (χ3v) is 3.67. The molecular weight excluding hydrogens is 250 g/mol. The van der Waals surface area contributed by atoms with E-state index in [4.69, 9.17) is 5.11 Å². The van der Waals surface area contributed by atoms with Crippen LogP contribution in [0.3, 0.4) is 0 Å². The normalized spacial score (nSPS) is 14.1. The first-order valence-corrected chi connectivity index (χ1v) is 7.19. The zero-order valence-corrected chi connectivity index (χ0v) is 11.9. The number of anilines is 1. The molecule has 3 nitrogen and oxygen atoms in total. The van der Waals surface area contributed by atoms with Crippen molar-refractivity contribution < 1.29 is 9.90 Å². The van der Waals surface area contributed by atoms with E-state index < -0.39 is 0 Å². The van der Waals surface area contributed by atoms with Crippen LogP contribution >= 0.6 is 0 Å². The Kier molecular flexibility index (Phi) is 5.20. The van der Waals surface area contributed by atoms with Crippen molar-refractivity contribution >= 4 is 11.6 Å². The van der Waals surface area contributed by atoms with Crippen molar-refractivity contribution in [3.8, 4) is 11.8 Å². The molecule has 0 radical (unpaired) electrons. The largest absolute Gasteiger partial charge is 0.395 e. The summed E-state index contributed by atoms with van der Waals surface area (Å²) in [7, 11) is 0. The van der Waals surface area contributed by atoms with Crippen molar-refractivity contribution in [3.63, 3.8) is 0 Å². The first kappa shape index (κ1) is 14.6. The van der Waals surface area contributed by atoms with Crippen molar-refractivity contribution in [2.24, 2.45) is 5.92 Å². The van der Waals surface area contributed by atoms with Crippen molar-refractivity contribution in [2.45, 2.75) is 39.0 Å². The lowest BCUT2D eigenvalue weighted by Crippen LogP contribution is -2.20. The average Bonchev–Trinajstić information content (AvgIpc) is 2.37. The van der Waals surface area contributed by atoms with Gasteiger partial charge in [-0.25, -0.2) is 0 Å². The predicted molar refractivity (Wildman–Crippen MR) is 80.3 cm³/mol. The van der Waals surface area contributed by atoms with E-state index in [0.29, 0.717) is 18.8 Å². The Morgan fingerprint density at radius 1 is 1.45 bits per heavy atom. The van der Waals surface area contributed by atoms with Crippen LogP contribution in [0.2, 0.25) is 0 Å². The number of nitrogens with one attached hydrogen (secondary N) is 1. The standard InChI is InChI=1S/C17H21NO2/c1-13-11-16(9-8-15(13)7-2-3-10-19)18-17(20)12-14-5-4-6-14/h8-9,11,14,19H,3-6,10,12H2,1H3,(H,18,20). The van der Waals surface area contributed by atoms with Crippen LogP contribution in [-0.4, -0.2) is 17.6 Å². The van der Waals surface area contributed by atoms with Gasteiger partial charge in [-0.15, -0.1) is 0 Å². The topological polar surface area (TPSA) is 49.3 Å². The van der Waals surface area contributed by atoms with Crippen LogP contribution in [0.15, 0.2) is 18.2 Å². The lowest BCUT2D eigenvalue weighted by molar-refractivity contribution is -0.117. The van der Waals surface area contributed by atoms with Crippen molar-refractivity contribution in [1.82, 2.24) is 0 Å². The Balaban J connectivity index is 1.94. The molecule has 2 rings (SSSR count). The summed E-state index contributed by atoms with van der Waals surface area (Å²) in [6, 6.07) is 5.74. The molecule has 0 atom stereocenters. The van der Waals surface area contributed by atoms with Gasteiger partial charge in [-0.2, -0.15) is 0 Å². The highest BCUT2D eigenvalue weighted by Gasteiger charge is 2.20. The fraction of sp³-hybridized carbons (Fsp3) is 0.471. The summed E-state index contributed by atoms with van der Waals surface area (Å²) in [5, 5.41) is 11.7. The molecule has 1 aliphatic rings. The highest BCUT2D eigenvalue weighted by atomic mass is 16.2. The van der Waals surface area contributed by atoms with Gasteiger partial charge in [0.05, 0.1) is 6.61 Å². The van der Waals surface area contributed by atoms with E-state index in [9.17, 15) is 4.79 Å². The number of hydrogen-bond donors (Lipinski definition) is 2. The molecule has 1 aromatic rings. The molecule has 1 amide bonds. The fourth-order valence-electron chi connectivity index (χ4n) is 2.27. The zero-order valence-electron chi connectivity index (χ0n) is 11.9. The van der Waals surface area contributed by atoms with E-state index in [0.717, 1.165) is 16.8 Å². The lowest BCUT2D eigenvalue weighted by Gasteiger charge is -2.24. The molecule has 1 saturated carbocycles. The zero-order chi connectivity index (χ0) is 14.4. The smallest absolute Gasteiger partial charge is 0.224 e. The molecule has 0 spiro atoms. The Morgan fingerprint density at radius 2 is 2.25 bits per heavy atom. The Morgan fingerprint density at radius 3 is 2.85 bits per heavy atom. The van der Waals surface area contributed by atoms with Gasteiger partial charge >= 0.3 is 0 Å². The fourth-order valence-corrected chi connectivity index (χ4v) is 2.27. The maximum Gasteiger partial charge on any atom is 0.224 e. The van der Waals surface area contributed by atoms with Gasteiger partial charge in [0.25, 0.3) is 0 Å². The number of aliphatic hydroxyl groups is 1. The monoisotopic (exact) mass is 271 g/mol. The van der Waals surface area contributed by atoms with E-state index in [-0.39, 0.29) is 12.5 Å². The van der Waals surface area contributed by atoms with Gasteiger partial charge in [0, 0.05) is 24.1 Å². The molecule has 0 heterocycles. The molecule has 20 heavy (non-hydrogen) atoms. The highest BCUT2D eigenvalue weighted by molar-refractivity contribution is 5.91. The van der Waals surface area contributed by atoms with Crippen LogP contribution in [-0.2, 0) is 4.79 Å². The SMILES string of the molecule is Cc1cc(NC(=O)CC2CCC2)ccc1C#CCCO. The number of amides is 1. The minimum absolute atomic E-state index is 0.0847. The van der Waals surface area contributed by atoms with Gasteiger partial charge in [0.15, 0.2) is 0 Å². The molecule has 2 N–H and O–H groups in total. The Labute approximate surface area is 120 Å². The van der Waals surface area contributed by atoms with Gasteiger partial charge in [0.1, 0.15) is 0 Å². The maximum absolute atomic E-state index is 11.9. The van der Waals surface area contributed by atoms with Crippen LogP contribution in [0.25, 0.3) is 0 Å². The highest BCUT2D eigenvalue weighted by Crippen LogP contribution is 2.29. The van der Waals surface area contributed by atoms with Gasteiger partial charge in [-0.1, -0.05) is 18.3 Å². The van der Waals surface area contributed by atoms with Crippen LogP contribution in [0.1, 0.15) is 43.2 Å². The number of carbonyl (C=O) groups excluding carboxylic acids is 1. The summed E-state index contributed by atoms with van der Waals surface area (Å²) < 4.78 is 0. The second kappa shape index (κ2) is 7.12. The van der Waals surface area contributed by atoms with Crippen molar-refractivity contribution in [3.05, 3.63) is 29.3 Å². The minimum Gasteiger partial charge on any atom is -0.395 e. The van der Waals surface area contributed by atoms with Gasteiger partial charge in [-0.05, 0) is 49.4 Å². The van der Waals surface area contributed by atoms with E-state index >= 15 is 0 Å². The number of carbonyl (C=O) groups is 1. The maximum atomic E-state index is 11.9.